The molecule has 0 aromatic heterocycles. The van der Waals surface area contributed by atoms with E-state index in [0.29, 0.717) is 34.1 Å². The molecule has 5 nitrogen and oxygen atoms in total. The van der Waals surface area contributed by atoms with E-state index < -0.39 is 0 Å². The summed E-state index contributed by atoms with van der Waals surface area (Å²) in [6, 6.07) is 12.0. The number of halogens is 2. The Kier molecular flexibility index (Phi) is 5.82. The average molecular weight is 405 g/mol. The van der Waals surface area contributed by atoms with Crippen molar-refractivity contribution in [2.75, 3.05) is 13.6 Å². The molecule has 7 heteroatoms. The Morgan fingerprint density at radius 1 is 1.00 bits per heavy atom. The van der Waals surface area contributed by atoms with Crippen molar-refractivity contribution in [3.8, 4) is 0 Å². The van der Waals surface area contributed by atoms with Gasteiger partial charge in [-0.1, -0.05) is 41.4 Å². The van der Waals surface area contributed by atoms with Crippen LogP contribution in [0, 0.1) is 0 Å². The van der Waals surface area contributed by atoms with Crippen molar-refractivity contribution >= 4 is 40.9 Å². The van der Waals surface area contributed by atoms with Gasteiger partial charge >= 0.3 is 0 Å². The molecule has 0 spiro atoms. The molecule has 0 aliphatic carbocycles. The first kappa shape index (κ1) is 19.4. The van der Waals surface area contributed by atoms with Crippen molar-refractivity contribution in [3.63, 3.8) is 0 Å². The van der Waals surface area contributed by atoms with Crippen molar-refractivity contribution in [2.45, 2.75) is 19.4 Å². The highest BCUT2D eigenvalue weighted by atomic mass is 35.5. The summed E-state index contributed by atoms with van der Waals surface area (Å²) in [5.74, 6) is -0.669. The van der Waals surface area contributed by atoms with Crippen molar-refractivity contribution in [3.05, 3.63) is 69.2 Å². The molecule has 0 fully saturated rings. The molecule has 0 bridgehead atoms. The maximum atomic E-state index is 12.3. The Morgan fingerprint density at radius 2 is 1.63 bits per heavy atom. The highest BCUT2D eigenvalue weighted by Gasteiger charge is 2.34. The van der Waals surface area contributed by atoms with E-state index in [1.54, 1.807) is 48.3 Å². The van der Waals surface area contributed by atoms with Gasteiger partial charge in [-0.15, -0.1) is 0 Å². The van der Waals surface area contributed by atoms with E-state index >= 15 is 0 Å². The van der Waals surface area contributed by atoms with Gasteiger partial charge in [0, 0.05) is 26.6 Å². The van der Waals surface area contributed by atoms with E-state index in [2.05, 4.69) is 0 Å². The molecule has 1 aliphatic heterocycles. The first-order valence-electron chi connectivity index (χ1n) is 8.51. The predicted octanol–water partition coefficient (Wildman–Crippen LogP) is 4.03. The van der Waals surface area contributed by atoms with Gasteiger partial charge in [-0.2, -0.15) is 0 Å². The van der Waals surface area contributed by atoms with Crippen molar-refractivity contribution in [1.82, 2.24) is 9.80 Å². The fourth-order valence-electron chi connectivity index (χ4n) is 3.02. The molecule has 3 rings (SSSR count). The second-order valence-corrected chi connectivity index (χ2v) is 7.22. The minimum atomic E-state index is -0.299. The molecule has 0 atom stereocenters. The molecule has 0 N–H and O–H groups in total. The number of hydrogen-bond acceptors (Lipinski definition) is 3. The van der Waals surface area contributed by atoms with E-state index in [0.717, 1.165) is 5.56 Å². The van der Waals surface area contributed by atoms with Crippen LogP contribution in [0.5, 0.6) is 0 Å². The van der Waals surface area contributed by atoms with Gasteiger partial charge in [-0.25, -0.2) is 0 Å². The third-order valence-corrected chi connectivity index (χ3v) is 5.22. The van der Waals surface area contributed by atoms with Crippen LogP contribution < -0.4 is 0 Å². The van der Waals surface area contributed by atoms with Gasteiger partial charge in [0.15, 0.2) is 0 Å². The second-order valence-electron chi connectivity index (χ2n) is 6.41. The highest BCUT2D eigenvalue weighted by Crippen LogP contribution is 2.24. The van der Waals surface area contributed by atoms with Gasteiger partial charge in [0.1, 0.15) is 0 Å². The Balaban J connectivity index is 1.51. The fraction of sp³-hybridized carbons (Fsp3) is 0.250. The highest BCUT2D eigenvalue weighted by molar-refractivity contribution is 6.42. The minimum Gasteiger partial charge on any atom is -0.341 e. The Labute approximate surface area is 167 Å². The van der Waals surface area contributed by atoms with Gasteiger partial charge in [0.05, 0.1) is 21.2 Å². The number of carbonyl (C=O) groups is 3. The number of nitrogens with zero attached hydrogens (tertiary/aromatic N) is 2. The Bertz CT molecular complexity index is 879. The zero-order valence-electron chi connectivity index (χ0n) is 14.7. The van der Waals surface area contributed by atoms with Gasteiger partial charge in [0.2, 0.25) is 5.91 Å². The van der Waals surface area contributed by atoms with Crippen LogP contribution in [0.15, 0.2) is 42.5 Å². The van der Waals surface area contributed by atoms with Crippen LogP contribution in [0.2, 0.25) is 10.0 Å². The summed E-state index contributed by atoms with van der Waals surface area (Å²) in [5.41, 5.74) is 1.72. The zero-order valence-corrected chi connectivity index (χ0v) is 16.3. The number of amides is 3. The molecular formula is C20H18Cl2N2O3. The largest absolute Gasteiger partial charge is 0.341 e. The van der Waals surface area contributed by atoms with Gasteiger partial charge in [-0.3, -0.25) is 19.3 Å². The van der Waals surface area contributed by atoms with Gasteiger partial charge in [-0.05, 0) is 36.2 Å². The molecule has 0 radical (unpaired) electrons. The summed E-state index contributed by atoms with van der Waals surface area (Å²) in [4.78, 5) is 39.7. The summed E-state index contributed by atoms with van der Waals surface area (Å²) in [6.07, 6.45) is 0.654. The maximum absolute atomic E-state index is 12.3. The standard InChI is InChI=1S/C20H18Cl2N2O3/c1-23(12-13-8-9-16(21)17(22)11-13)18(25)7-4-10-24-19(26)14-5-2-3-6-15(14)20(24)27/h2-3,5-6,8-9,11H,4,7,10,12H2,1H3. The number of imide groups is 1. The lowest BCUT2D eigenvalue weighted by Crippen LogP contribution is -2.32. The predicted molar refractivity (Wildman–Crippen MR) is 104 cm³/mol. The van der Waals surface area contributed by atoms with Crippen molar-refractivity contribution in [2.24, 2.45) is 0 Å². The second kappa shape index (κ2) is 8.11. The third-order valence-electron chi connectivity index (χ3n) is 4.48. The van der Waals surface area contributed by atoms with Crippen LogP contribution in [0.4, 0.5) is 0 Å². The van der Waals surface area contributed by atoms with Crippen molar-refractivity contribution < 1.29 is 14.4 Å². The average Bonchev–Trinajstić information content (AvgIpc) is 2.90. The molecule has 140 valence electrons. The topological polar surface area (TPSA) is 57.7 Å². The monoisotopic (exact) mass is 404 g/mol. The van der Waals surface area contributed by atoms with Crippen LogP contribution in [-0.4, -0.2) is 41.1 Å². The normalized spacial score (nSPS) is 13.1. The summed E-state index contributed by atoms with van der Waals surface area (Å²) in [7, 11) is 1.70. The number of fused-ring (bicyclic) bond motifs is 1. The number of benzene rings is 2. The van der Waals surface area contributed by atoms with Crippen LogP contribution in [-0.2, 0) is 11.3 Å². The lowest BCUT2D eigenvalue weighted by molar-refractivity contribution is -0.130. The molecule has 1 heterocycles. The Hall–Kier alpha value is -2.37. The molecule has 0 saturated carbocycles. The van der Waals surface area contributed by atoms with Gasteiger partial charge < -0.3 is 4.90 Å². The quantitative estimate of drug-likeness (QED) is 0.682. The third kappa shape index (κ3) is 4.15. The number of carbonyl (C=O) groups excluding carboxylic acids is 3. The first-order chi connectivity index (χ1) is 12.9. The summed E-state index contributed by atoms with van der Waals surface area (Å²) < 4.78 is 0. The molecule has 0 unspecified atom stereocenters. The first-order valence-corrected chi connectivity index (χ1v) is 9.27. The zero-order chi connectivity index (χ0) is 19.6. The van der Waals surface area contributed by atoms with Crippen LogP contribution in [0.25, 0.3) is 0 Å². The summed E-state index contributed by atoms with van der Waals surface area (Å²) >= 11 is 11.9. The van der Waals surface area contributed by atoms with E-state index in [4.69, 9.17) is 23.2 Å². The molecule has 3 amide bonds. The number of rotatable bonds is 6. The van der Waals surface area contributed by atoms with Gasteiger partial charge in [0.25, 0.3) is 11.8 Å². The van der Waals surface area contributed by atoms with Crippen LogP contribution in [0.1, 0.15) is 39.1 Å². The lowest BCUT2D eigenvalue weighted by atomic mass is 10.1. The fourth-order valence-corrected chi connectivity index (χ4v) is 3.34. The minimum absolute atomic E-state index is 0.0716. The molecule has 1 aliphatic rings. The van der Waals surface area contributed by atoms with E-state index in [-0.39, 0.29) is 30.7 Å². The molecule has 27 heavy (non-hydrogen) atoms. The number of hydrogen-bond donors (Lipinski definition) is 0. The van der Waals surface area contributed by atoms with Crippen LogP contribution in [0.3, 0.4) is 0 Å². The smallest absolute Gasteiger partial charge is 0.261 e. The molecule has 2 aromatic rings. The molecule has 0 saturated heterocycles. The lowest BCUT2D eigenvalue weighted by Gasteiger charge is -2.19. The maximum Gasteiger partial charge on any atom is 0.261 e. The van der Waals surface area contributed by atoms with E-state index in [1.807, 2.05) is 6.07 Å². The molecular weight excluding hydrogens is 387 g/mol. The SMILES string of the molecule is CN(Cc1ccc(Cl)c(Cl)c1)C(=O)CCCN1C(=O)c2ccccc2C1=O. The summed E-state index contributed by atoms with van der Waals surface area (Å²) in [5, 5.41) is 0.913. The molecule has 2 aromatic carbocycles. The van der Waals surface area contributed by atoms with Crippen molar-refractivity contribution in [1.29, 1.82) is 0 Å². The van der Waals surface area contributed by atoms with E-state index in [9.17, 15) is 14.4 Å². The van der Waals surface area contributed by atoms with Crippen LogP contribution >= 0.6 is 23.2 Å². The Morgan fingerprint density at radius 3 is 2.22 bits per heavy atom. The van der Waals surface area contributed by atoms with E-state index in [1.165, 1.54) is 4.90 Å². The summed E-state index contributed by atoms with van der Waals surface area (Å²) in [6.45, 7) is 0.626.